The van der Waals surface area contributed by atoms with Crippen molar-refractivity contribution in [1.82, 2.24) is 9.97 Å². The SMILES string of the molecule is CCC(Nc1nc(C)cs1)c1nccs1. The summed E-state index contributed by atoms with van der Waals surface area (Å²) >= 11 is 3.33. The molecule has 1 atom stereocenters. The Kier molecular flexibility index (Phi) is 3.33. The highest BCUT2D eigenvalue weighted by atomic mass is 32.1. The van der Waals surface area contributed by atoms with Crippen molar-refractivity contribution < 1.29 is 0 Å². The first-order valence-corrected chi connectivity index (χ1v) is 6.63. The third-order valence-corrected chi connectivity index (χ3v) is 3.86. The van der Waals surface area contributed by atoms with Gasteiger partial charge in [-0.25, -0.2) is 9.97 Å². The van der Waals surface area contributed by atoms with Crippen molar-refractivity contribution in [2.75, 3.05) is 5.32 Å². The molecule has 0 saturated carbocycles. The Bertz CT molecular complexity index is 408. The normalized spacial score (nSPS) is 12.7. The van der Waals surface area contributed by atoms with Gasteiger partial charge in [0.2, 0.25) is 0 Å². The third-order valence-electron chi connectivity index (χ3n) is 2.07. The van der Waals surface area contributed by atoms with Crippen LogP contribution in [-0.2, 0) is 0 Å². The highest BCUT2D eigenvalue weighted by Gasteiger charge is 2.12. The average Bonchev–Trinajstić information content (AvgIpc) is 2.85. The van der Waals surface area contributed by atoms with E-state index in [4.69, 9.17) is 0 Å². The van der Waals surface area contributed by atoms with Crippen molar-refractivity contribution in [1.29, 1.82) is 0 Å². The van der Waals surface area contributed by atoms with Crippen molar-refractivity contribution in [3.05, 3.63) is 27.7 Å². The van der Waals surface area contributed by atoms with Gasteiger partial charge < -0.3 is 5.32 Å². The van der Waals surface area contributed by atoms with Crippen molar-refractivity contribution in [2.45, 2.75) is 26.3 Å². The number of aromatic nitrogens is 2. The van der Waals surface area contributed by atoms with Gasteiger partial charge in [-0.05, 0) is 13.3 Å². The van der Waals surface area contributed by atoms with E-state index in [-0.39, 0.29) is 6.04 Å². The van der Waals surface area contributed by atoms with Crippen LogP contribution in [0, 0.1) is 6.92 Å². The van der Waals surface area contributed by atoms with E-state index in [0.717, 1.165) is 22.3 Å². The molecule has 2 heterocycles. The molecule has 1 unspecified atom stereocenters. The zero-order chi connectivity index (χ0) is 10.7. The summed E-state index contributed by atoms with van der Waals surface area (Å²) in [6, 6.07) is 0.288. The van der Waals surface area contributed by atoms with Crippen molar-refractivity contribution >= 4 is 27.8 Å². The van der Waals surface area contributed by atoms with E-state index in [1.807, 2.05) is 18.5 Å². The number of thiazole rings is 2. The second-order valence-electron chi connectivity index (χ2n) is 3.27. The lowest BCUT2D eigenvalue weighted by molar-refractivity contribution is 0.740. The summed E-state index contributed by atoms with van der Waals surface area (Å²) < 4.78 is 0. The van der Waals surface area contributed by atoms with Gasteiger partial charge in [0, 0.05) is 17.0 Å². The van der Waals surface area contributed by atoms with Crippen LogP contribution in [-0.4, -0.2) is 9.97 Å². The average molecular weight is 239 g/mol. The molecule has 5 heteroatoms. The minimum absolute atomic E-state index is 0.288. The van der Waals surface area contributed by atoms with Crippen LogP contribution >= 0.6 is 22.7 Å². The number of nitrogens with one attached hydrogen (secondary N) is 1. The van der Waals surface area contributed by atoms with E-state index in [9.17, 15) is 0 Å². The summed E-state index contributed by atoms with van der Waals surface area (Å²) in [5.41, 5.74) is 1.07. The first-order chi connectivity index (χ1) is 7.29. The minimum Gasteiger partial charge on any atom is -0.352 e. The van der Waals surface area contributed by atoms with Crippen LogP contribution < -0.4 is 5.32 Å². The summed E-state index contributed by atoms with van der Waals surface area (Å²) in [5.74, 6) is 0. The molecule has 2 rings (SSSR count). The highest BCUT2D eigenvalue weighted by Crippen LogP contribution is 2.25. The second kappa shape index (κ2) is 4.72. The van der Waals surface area contributed by atoms with E-state index in [0.29, 0.717) is 0 Å². The van der Waals surface area contributed by atoms with Crippen LogP contribution in [0.25, 0.3) is 0 Å². The molecule has 0 amide bonds. The van der Waals surface area contributed by atoms with Crippen molar-refractivity contribution in [3.63, 3.8) is 0 Å². The summed E-state index contributed by atoms with van der Waals surface area (Å²) in [6.07, 6.45) is 2.86. The summed E-state index contributed by atoms with van der Waals surface area (Å²) in [7, 11) is 0. The molecule has 0 aliphatic rings. The van der Waals surface area contributed by atoms with Crippen LogP contribution in [0.15, 0.2) is 17.0 Å². The van der Waals surface area contributed by atoms with Gasteiger partial charge in [0.15, 0.2) is 5.13 Å². The second-order valence-corrected chi connectivity index (χ2v) is 5.05. The molecular weight excluding hydrogens is 226 g/mol. The Morgan fingerprint density at radius 2 is 2.33 bits per heavy atom. The molecule has 0 spiro atoms. The zero-order valence-corrected chi connectivity index (χ0v) is 10.4. The lowest BCUT2D eigenvalue weighted by Crippen LogP contribution is -2.08. The quantitative estimate of drug-likeness (QED) is 0.887. The molecular formula is C10H13N3S2. The lowest BCUT2D eigenvalue weighted by atomic mass is 10.2. The maximum Gasteiger partial charge on any atom is 0.183 e. The fraction of sp³-hybridized carbons (Fsp3) is 0.400. The molecule has 0 bridgehead atoms. The van der Waals surface area contributed by atoms with Gasteiger partial charge in [0.25, 0.3) is 0 Å². The van der Waals surface area contributed by atoms with Gasteiger partial charge >= 0.3 is 0 Å². The van der Waals surface area contributed by atoms with Gasteiger partial charge in [0.05, 0.1) is 11.7 Å². The van der Waals surface area contributed by atoms with Crippen LogP contribution in [0.3, 0.4) is 0 Å². The fourth-order valence-electron chi connectivity index (χ4n) is 1.31. The maximum absolute atomic E-state index is 4.39. The smallest absolute Gasteiger partial charge is 0.183 e. The monoisotopic (exact) mass is 239 g/mol. The van der Waals surface area contributed by atoms with E-state index in [1.165, 1.54) is 0 Å². The maximum atomic E-state index is 4.39. The van der Waals surface area contributed by atoms with Gasteiger partial charge in [-0.15, -0.1) is 22.7 Å². The van der Waals surface area contributed by atoms with Crippen LogP contribution in [0.2, 0.25) is 0 Å². The minimum atomic E-state index is 0.288. The number of hydrogen-bond acceptors (Lipinski definition) is 5. The lowest BCUT2D eigenvalue weighted by Gasteiger charge is -2.12. The Morgan fingerprint density at radius 1 is 1.47 bits per heavy atom. The Balaban J connectivity index is 2.09. The summed E-state index contributed by atoms with van der Waals surface area (Å²) in [5, 5.41) is 9.58. The molecule has 0 aliphatic heterocycles. The number of aryl methyl sites for hydroxylation is 1. The van der Waals surface area contributed by atoms with E-state index in [1.54, 1.807) is 22.7 Å². The number of rotatable bonds is 4. The molecule has 0 fully saturated rings. The first kappa shape index (κ1) is 10.6. The summed E-state index contributed by atoms with van der Waals surface area (Å²) in [6.45, 7) is 4.16. The molecule has 0 aromatic carbocycles. The van der Waals surface area contributed by atoms with Crippen molar-refractivity contribution in [3.8, 4) is 0 Å². The largest absolute Gasteiger partial charge is 0.352 e. The van der Waals surface area contributed by atoms with Crippen LogP contribution in [0.4, 0.5) is 5.13 Å². The Morgan fingerprint density at radius 3 is 2.87 bits per heavy atom. The predicted molar refractivity (Wildman–Crippen MR) is 65.6 cm³/mol. The predicted octanol–water partition coefficient (Wildman–Crippen LogP) is 3.47. The molecule has 1 N–H and O–H groups in total. The van der Waals surface area contributed by atoms with E-state index < -0.39 is 0 Å². The molecule has 80 valence electrons. The van der Waals surface area contributed by atoms with Crippen LogP contribution in [0.1, 0.15) is 30.1 Å². The van der Waals surface area contributed by atoms with Gasteiger partial charge in [-0.3, -0.25) is 0 Å². The Hall–Kier alpha value is -0.940. The molecule has 0 aliphatic carbocycles. The molecule has 2 aromatic rings. The zero-order valence-electron chi connectivity index (χ0n) is 8.73. The standard InChI is InChI=1S/C10H13N3S2/c1-3-8(9-11-4-5-14-9)13-10-12-7(2)6-15-10/h4-6,8H,3H2,1-2H3,(H,12,13). The fourth-order valence-corrected chi connectivity index (χ4v) is 2.83. The van der Waals surface area contributed by atoms with Gasteiger partial charge in [0.1, 0.15) is 5.01 Å². The Labute approximate surface area is 97.2 Å². The van der Waals surface area contributed by atoms with Gasteiger partial charge in [-0.1, -0.05) is 6.92 Å². The molecule has 0 radical (unpaired) electrons. The highest BCUT2D eigenvalue weighted by molar-refractivity contribution is 7.13. The van der Waals surface area contributed by atoms with Crippen LogP contribution in [0.5, 0.6) is 0 Å². The van der Waals surface area contributed by atoms with E-state index in [2.05, 4.69) is 27.6 Å². The molecule has 3 nitrogen and oxygen atoms in total. The molecule has 15 heavy (non-hydrogen) atoms. The van der Waals surface area contributed by atoms with E-state index >= 15 is 0 Å². The first-order valence-electron chi connectivity index (χ1n) is 4.87. The third kappa shape index (κ3) is 2.54. The number of anilines is 1. The summed E-state index contributed by atoms with van der Waals surface area (Å²) in [4.78, 5) is 8.72. The number of nitrogens with zero attached hydrogens (tertiary/aromatic N) is 2. The topological polar surface area (TPSA) is 37.8 Å². The number of hydrogen-bond donors (Lipinski definition) is 1. The van der Waals surface area contributed by atoms with Crippen molar-refractivity contribution in [2.24, 2.45) is 0 Å². The molecule has 2 aromatic heterocycles. The van der Waals surface area contributed by atoms with Gasteiger partial charge in [-0.2, -0.15) is 0 Å². The molecule has 0 saturated heterocycles.